The van der Waals surface area contributed by atoms with Crippen molar-refractivity contribution in [3.8, 4) is 11.3 Å². The van der Waals surface area contributed by atoms with Crippen molar-refractivity contribution in [3.63, 3.8) is 0 Å². The smallest absolute Gasteiger partial charge is 0.272 e. The minimum atomic E-state index is 0.0328. The molecule has 0 bridgehead atoms. The van der Waals surface area contributed by atoms with E-state index in [1.807, 2.05) is 44.0 Å². The second kappa shape index (κ2) is 8.11. The Balaban J connectivity index is 1.42. The Kier molecular flexibility index (Phi) is 5.38. The van der Waals surface area contributed by atoms with Crippen LogP contribution in [-0.2, 0) is 6.42 Å². The maximum absolute atomic E-state index is 13.0. The van der Waals surface area contributed by atoms with Crippen LogP contribution < -0.4 is 0 Å². The standard InChI is InChI=1S/C22H25N5O2/c1-14-6-4-10-23-21(14)22(28)27-11-5-7-18(27)9-8-17-12-25-19(13-24-17)20-15(2)26-29-16(20)3/h4,6,10,12-13,18H,5,7-9,11H2,1-3H3. The third-order valence-corrected chi connectivity index (χ3v) is 5.58. The number of amides is 1. The quantitative estimate of drug-likeness (QED) is 0.659. The Morgan fingerprint density at radius 2 is 2.07 bits per heavy atom. The van der Waals surface area contributed by atoms with Gasteiger partial charge in [-0.2, -0.15) is 0 Å². The summed E-state index contributed by atoms with van der Waals surface area (Å²) in [5, 5.41) is 3.97. The van der Waals surface area contributed by atoms with E-state index in [4.69, 9.17) is 4.52 Å². The van der Waals surface area contributed by atoms with Gasteiger partial charge < -0.3 is 9.42 Å². The lowest BCUT2D eigenvalue weighted by Crippen LogP contribution is -2.36. The number of carbonyl (C=O) groups excluding carboxylic acids is 1. The highest BCUT2D eigenvalue weighted by atomic mass is 16.5. The zero-order valence-corrected chi connectivity index (χ0v) is 17.1. The largest absolute Gasteiger partial charge is 0.361 e. The van der Waals surface area contributed by atoms with Crippen LogP contribution in [0.15, 0.2) is 35.2 Å². The second-order valence-corrected chi connectivity index (χ2v) is 7.59. The van der Waals surface area contributed by atoms with Gasteiger partial charge in [-0.15, -0.1) is 0 Å². The van der Waals surface area contributed by atoms with Crippen molar-refractivity contribution >= 4 is 5.91 Å². The van der Waals surface area contributed by atoms with E-state index in [9.17, 15) is 4.79 Å². The summed E-state index contributed by atoms with van der Waals surface area (Å²) in [6, 6.07) is 4.01. The van der Waals surface area contributed by atoms with E-state index in [0.29, 0.717) is 5.69 Å². The van der Waals surface area contributed by atoms with Crippen LogP contribution in [0, 0.1) is 20.8 Å². The van der Waals surface area contributed by atoms with Crippen LogP contribution in [0.1, 0.15) is 52.5 Å². The summed E-state index contributed by atoms with van der Waals surface area (Å²) >= 11 is 0. The minimum absolute atomic E-state index is 0.0328. The van der Waals surface area contributed by atoms with Gasteiger partial charge in [0.1, 0.15) is 11.5 Å². The molecule has 0 N–H and O–H groups in total. The maximum Gasteiger partial charge on any atom is 0.272 e. The zero-order chi connectivity index (χ0) is 20.4. The van der Waals surface area contributed by atoms with Crippen molar-refractivity contribution < 1.29 is 9.32 Å². The third kappa shape index (κ3) is 3.90. The summed E-state index contributed by atoms with van der Waals surface area (Å²) in [6.45, 7) is 6.49. The summed E-state index contributed by atoms with van der Waals surface area (Å²) in [7, 11) is 0. The van der Waals surface area contributed by atoms with E-state index in [1.54, 1.807) is 12.4 Å². The number of nitrogens with zero attached hydrogens (tertiary/aromatic N) is 5. The Morgan fingerprint density at radius 1 is 1.21 bits per heavy atom. The van der Waals surface area contributed by atoms with E-state index in [0.717, 1.165) is 66.2 Å². The van der Waals surface area contributed by atoms with Crippen LogP contribution in [0.5, 0.6) is 0 Å². The molecule has 0 radical (unpaired) electrons. The van der Waals surface area contributed by atoms with Crippen LogP contribution in [0.3, 0.4) is 0 Å². The third-order valence-electron chi connectivity index (χ3n) is 5.58. The molecular formula is C22H25N5O2. The summed E-state index contributed by atoms with van der Waals surface area (Å²) < 4.78 is 5.21. The van der Waals surface area contributed by atoms with Crippen molar-refractivity contribution in [3.05, 3.63) is 59.1 Å². The van der Waals surface area contributed by atoms with Crippen LogP contribution in [0.25, 0.3) is 11.3 Å². The molecule has 0 aliphatic carbocycles. The van der Waals surface area contributed by atoms with Gasteiger partial charge in [0.2, 0.25) is 0 Å². The minimum Gasteiger partial charge on any atom is -0.361 e. The summed E-state index contributed by atoms with van der Waals surface area (Å²) in [5.74, 6) is 0.778. The van der Waals surface area contributed by atoms with Gasteiger partial charge in [-0.05, 0) is 58.1 Å². The average Bonchev–Trinajstić information content (AvgIpc) is 3.33. The molecule has 7 heteroatoms. The average molecular weight is 391 g/mol. The van der Waals surface area contributed by atoms with Gasteiger partial charge in [0.25, 0.3) is 5.91 Å². The number of rotatable bonds is 5. The molecule has 1 fully saturated rings. The maximum atomic E-state index is 13.0. The fourth-order valence-corrected chi connectivity index (χ4v) is 4.02. The lowest BCUT2D eigenvalue weighted by Gasteiger charge is -2.25. The molecule has 0 saturated carbocycles. The second-order valence-electron chi connectivity index (χ2n) is 7.59. The summed E-state index contributed by atoms with van der Waals surface area (Å²) in [6.07, 6.45) is 8.96. The van der Waals surface area contributed by atoms with Gasteiger partial charge in [-0.3, -0.25) is 19.7 Å². The first-order valence-corrected chi connectivity index (χ1v) is 10.0. The van der Waals surface area contributed by atoms with E-state index >= 15 is 0 Å². The van der Waals surface area contributed by atoms with Crippen molar-refractivity contribution in [1.82, 2.24) is 25.0 Å². The molecule has 1 atom stereocenters. The highest BCUT2D eigenvalue weighted by molar-refractivity contribution is 5.94. The van der Waals surface area contributed by atoms with Crippen LogP contribution >= 0.6 is 0 Å². The Morgan fingerprint density at radius 3 is 2.76 bits per heavy atom. The number of hydrogen-bond donors (Lipinski definition) is 0. The van der Waals surface area contributed by atoms with Gasteiger partial charge >= 0.3 is 0 Å². The SMILES string of the molecule is Cc1cccnc1C(=O)N1CCCC1CCc1cnc(-c2c(C)noc2C)cn1. The van der Waals surface area contributed by atoms with Crippen molar-refractivity contribution in [1.29, 1.82) is 0 Å². The first-order valence-electron chi connectivity index (χ1n) is 10.0. The van der Waals surface area contributed by atoms with E-state index in [1.165, 1.54) is 0 Å². The number of carbonyl (C=O) groups is 1. The number of hydrogen-bond acceptors (Lipinski definition) is 6. The molecule has 29 heavy (non-hydrogen) atoms. The highest BCUT2D eigenvalue weighted by Gasteiger charge is 2.30. The molecule has 7 nitrogen and oxygen atoms in total. The molecule has 3 aromatic heterocycles. The van der Waals surface area contributed by atoms with E-state index < -0.39 is 0 Å². The predicted molar refractivity (Wildman–Crippen MR) is 108 cm³/mol. The molecule has 1 aliphatic rings. The fraction of sp³-hybridized carbons (Fsp3) is 0.409. The predicted octanol–water partition coefficient (Wildman–Crippen LogP) is 3.69. The van der Waals surface area contributed by atoms with Crippen molar-refractivity contribution in [2.75, 3.05) is 6.54 Å². The molecule has 1 amide bonds. The van der Waals surface area contributed by atoms with Gasteiger partial charge in [0.05, 0.1) is 28.8 Å². The molecule has 0 aromatic carbocycles. The Labute approximate surface area is 170 Å². The zero-order valence-electron chi connectivity index (χ0n) is 17.1. The number of pyridine rings is 1. The number of aryl methyl sites for hydroxylation is 4. The van der Waals surface area contributed by atoms with Crippen molar-refractivity contribution in [2.24, 2.45) is 0 Å². The van der Waals surface area contributed by atoms with Crippen LogP contribution in [0.2, 0.25) is 0 Å². The van der Waals surface area contributed by atoms with Gasteiger partial charge in [-0.25, -0.2) is 0 Å². The van der Waals surface area contributed by atoms with Crippen LogP contribution in [0.4, 0.5) is 0 Å². The monoisotopic (exact) mass is 391 g/mol. The van der Waals surface area contributed by atoms with Crippen LogP contribution in [-0.4, -0.2) is 43.5 Å². The molecule has 1 aliphatic heterocycles. The van der Waals surface area contributed by atoms with Gasteiger partial charge in [0, 0.05) is 25.0 Å². The normalized spacial score (nSPS) is 16.4. The first kappa shape index (κ1) is 19.2. The molecular weight excluding hydrogens is 366 g/mol. The molecule has 3 aromatic rings. The fourth-order valence-electron chi connectivity index (χ4n) is 4.02. The Bertz CT molecular complexity index is 993. The van der Waals surface area contributed by atoms with E-state index in [2.05, 4.69) is 20.1 Å². The Hall–Kier alpha value is -3.09. The molecule has 4 rings (SSSR count). The van der Waals surface area contributed by atoms with Crippen molar-refractivity contribution in [2.45, 2.75) is 52.5 Å². The van der Waals surface area contributed by atoms with E-state index in [-0.39, 0.29) is 11.9 Å². The topological polar surface area (TPSA) is 85.0 Å². The molecule has 1 saturated heterocycles. The first-order chi connectivity index (χ1) is 14.0. The number of likely N-dealkylation sites (tertiary alicyclic amines) is 1. The lowest BCUT2D eigenvalue weighted by molar-refractivity contribution is 0.0723. The molecule has 150 valence electrons. The molecule has 4 heterocycles. The van der Waals surface area contributed by atoms with Gasteiger partial charge in [-0.1, -0.05) is 11.2 Å². The lowest BCUT2D eigenvalue weighted by atomic mass is 10.1. The molecule has 1 unspecified atom stereocenters. The summed E-state index contributed by atoms with van der Waals surface area (Å²) in [5.41, 5.74) is 4.89. The molecule has 0 spiro atoms. The summed E-state index contributed by atoms with van der Waals surface area (Å²) in [4.78, 5) is 28.3. The van der Waals surface area contributed by atoms with Gasteiger partial charge in [0.15, 0.2) is 0 Å². The number of aromatic nitrogens is 4. The highest BCUT2D eigenvalue weighted by Crippen LogP contribution is 2.26.